The molecule has 0 radical (unpaired) electrons. The highest BCUT2D eigenvalue weighted by atomic mass is 32.2. The number of carbonyl (C=O) groups excluding carboxylic acids is 1. The molecule has 0 spiro atoms. The summed E-state index contributed by atoms with van der Waals surface area (Å²) in [5.41, 5.74) is 1.72. The fourth-order valence-corrected chi connectivity index (χ4v) is 2.69. The highest BCUT2D eigenvalue weighted by Gasteiger charge is 2.20. The zero-order valence-corrected chi connectivity index (χ0v) is 13.1. The molecule has 0 aromatic heterocycles. The molecule has 0 heterocycles. The molecule has 1 atom stereocenters. The molecule has 2 rings (SSSR count). The van der Waals surface area contributed by atoms with E-state index in [0.29, 0.717) is 5.75 Å². The van der Waals surface area contributed by atoms with E-state index < -0.39 is 12.0 Å². The Hall–Kier alpha value is -2.47. The number of hydrogen-bond donors (Lipinski definition) is 3. The van der Waals surface area contributed by atoms with Crippen LogP contribution in [0.15, 0.2) is 54.6 Å². The third kappa shape index (κ3) is 5.67. The smallest absolute Gasteiger partial charge is 0.326 e. The Morgan fingerprint density at radius 1 is 1.00 bits per heavy atom. The zero-order chi connectivity index (χ0) is 16.7. The van der Waals surface area contributed by atoms with Crippen LogP contribution in [-0.2, 0) is 17.0 Å². The molecule has 120 valence electrons. The Labute approximate surface area is 138 Å². The molecule has 0 aliphatic heterocycles. The number of rotatable bonds is 6. The number of amides is 1. The minimum absolute atomic E-state index is 0.114. The van der Waals surface area contributed by atoms with Gasteiger partial charge in [-0.3, -0.25) is 4.79 Å². The maximum Gasteiger partial charge on any atom is 0.326 e. The average molecular weight is 331 g/mol. The van der Waals surface area contributed by atoms with Crippen molar-refractivity contribution in [2.75, 3.05) is 0 Å². The van der Waals surface area contributed by atoms with Gasteiger partial charge in [-0.2, -0.15) is 0 Å². The van der Waals surface area contributed by atoms with Gasteiger partial charge < -0.3 is 15.5 Å². The van der Waals surface area contributed by atoms with Gasteiger partial charge in [0, 0.05) is 12.2 Å². The Balaban J connectivity index is 1.89. The predicted octanol–water partition coefficient (Wildman–Crippen LogP) is 3.03. The van der Waals surface area contributed by atoms with Crippen LogP contribution in [0, 0.1) is 0 Å². The van der Waals surface area contributed by atoms with Crippen molar-refractivity contribution in [2.45, 2.75) is 18.2 Å². The maximum atomic E-state index is 11.9. The number of thioether (sulfide) groups is 1. The Bertz CT molecular complexity index is 658. The number of phenolic OH excluding ortho intramolecular Hbond substituents is 1. The molecular weight excluding hydrogens is 314 g/mol. The fraction of sp³-hybridized carbons (Fsp3) is 0.176. The summed E-state index contributed by atoms with van der Waals surface area (Å²) < 4.78 is 0. The molecule has 0 unspecified atom stereocenters. The molecule has 0 fully saturated rings. The van der Waals surface area contributed by atoms with Crippen molar-refractivity contribution in [3.05, 3.63) is 65.7 Å². The first-order valence-electron chi connectivity index (χ1n) is 7.02. The Morgan fingerprint density at radius 3 is 2.26 bits per heavy atom. The summed E-state index contributed by atoms with van der Waals surface area (Å²) in [6, 6.07) is 14.7. The normalized spacial score (nSPS) is 11.7. The van der Waals surface area contributed by atoms with Crippen LogP contribution < -0.4 is 5.32 Å². The van der Waals surface area contributed by atoms with Gasteiger partial charge in [0.25, 0.3) is 5.24 Å². The van der Waals surface area contributed by atoms with E-state index >= 15 is 0 Å². The minimum atomic E-state index is -1.09. The van der Waals surface area contributed by atoms with E-state index in [1.165, 1.54) is 12.1 Å². The highest BCUT2D eigenvalue weighted by molar-refractivity contribution is 8.12. The largest absolute Gasteiger partial charge is 0.508 e. The third-order valence-corrected chi connectivity index (χ3v) is 4.04. The summed E-state index contributed by atoms with van der Waals surface area (Å²) >= 11 is 1.03. The van der Waals surface area contributed by atoms with Crippen molar-refractivity contribution >= 4 is 23.0 Å². The molecule has 2 aromatic carbocycles. The summed E-state index contributed by atoms with van der Waals surface area (Å²) in [6.07, 6.45) is 0.160. The molecule has 23 heavy (non-hydrogen) atoms. The number of aliphatic carboxylic acids is 1. The number of nitrogens with one attached hydrogen (secondary N) is 1. The molecular formula is C17H17NO4S. The zero-order valence-electron chi connectivity index (χ0n) is 12.3. The van der Waals surface area contributed by atoms with Gasteiger partial charge in [0.2, 0.25) is 0 Å². The van der Waals surface area contributed by atoms with Gasteiger partial charge in [0.05, 0.1) is 0 Å². The van der Waals surface area contributed by atoms with E-state index in [1.807, 2.05) is 30.3 Å². The van der Waals surface area contributed by atoms with E-state index in [9.17, 15) is 19.8 Å². The predicted molar refractivity (Wildman–Crippen MR) is 89.5 cm³/mol. The monoisotopic (exact) mass is 331 g/mol. The SMILES string of the molecule is O=C(N[C@H](Cc1ccc(O)cc1)C(=O)O)SCc1ccccc1. The topological polar surface area (TPSA) is 86.6 Å². The van der Waals surface area contributed by atoms with Crippen molar-refractivity contribution in [1.82, 2.24) is 5.32 Å². The van der Waals surface area contributed by atoms with E-state index in [2.05, 4.69) is 5.32 Å². The molecule has 0 bridgehead atoms. The molecule has 0 aliphatic rings. The second kappa shape index (κ2) is 8.24. The number of carbonyl (C=O) groups is 2. The van der Waals surface area contributed by atoms with Gasteiger partial charge in [-0.05, 0) is 23.3 Å². The van der Waals surface area contributed by atoms with Crippen molar-refractivity contribution in [1.29, 1.82) is 0 Å². The van der Waals surface area contributed by atoms with Gasteiger partial charge in [-0.15, -0.1) is 0 Å². The maximum absolute atomic E-state index is 11.9. The van der Waals surface area contributed by atoms with Crippen LogP contribution >= 0.6 is 11.8 Å². The highest BCUT2D eigenvalue weighted by Crippen LogP contribution is 2.15. The van der Waals surface area contributed by atoms with Gasteiger partial charge in [-0.1, -0.05) is 54.2 Å². The Morgan fingerprint density at radius 2 is 1.65 bits per heavy atom. The second-order valence-corrected chi connectivity index (χ2v) is 5.92. The first-order valence-corrected chi connectivity index (χ1v) is 8.01. The van der Waals surface area contributed by atoms with Gasteiger partial charge in [0.15, 0.2) is 0 Å². The molecule has 0 saturated carbocycles. The van der Waals surface area contributed by atoms with Crippen LogP contribution in [0.5, 0.6) is 5.75 Å². The second-order valence-electron chi connectivity index (χ2n) is 4.97. The summed E-state index contributed by atoms with van der Waals surface area (Å²) in [7, 11) is 0. The minimum Gasteiger partial charge on any atom is -0.508 e. The lowest BCUT2D eigenvalue weighted by Gasteiger charge is -2.14. The average Bonchev–Trinajstić information content (AvgIpc) is 2.55. The van der Waals surface area contributed by atoms with E-state index in [0.717, 1.165) is 22.9 Å². The van der Waals surface area contributed by atoms with Crippen molar-refractivity contribution in [3.8, 4) is 5.75 Å². The molecule has 0 aliphatic carbocycles. The van der Waals surface area contributed by atoms with E-state index in [1.54, 1.807) is 12.1 Å². The molecule has 5 nitrogen and oxygen atoms in total. The number of hydrogen-bond acceptors (Lipinski definition) is 4. The van der Waals surface area contributed by atoms with Crippen molar-refractivity contribution in [3.63, 3.8) is 0 Å². The lowest BCUT2D eigenvalue weighted by molar-refractivity contribution is -0.139. The van der Waals surface area contributed by atoms with Crippen LogP contribution in [0.4, 0.5) is 4.79 Å². The summed E-state index contributed by atoms with van der Waals surface area (Å²) in [5.74, 6) is -0.493. The first kappa shape index (κ1) is 16.9. The number of aromatic hydroxyl groups is 1. The van der Waals surface area contributed by atoms with E-state index in [-0.39, 0.29) is 17.4 Å². The fourth-order valence-electron chi connectivity index (χ4n) is 1.97. The summed E-state index contributed by atoms with van der Waals surface area (Å²) in [4.78, 5) is 23.2. The quantitative estimate of drug-likeness (QED) is 0.757. The summed E-state index contributed by atoms with van der Waals surface area (Å²) in [5, 5.41) is 20.6. The van der Waals surface area contributed by atoms with Gasteiger partial charge >= 0.3 is 5.97 Å². The first-order chi connectivity index (χ1) is 11.0. The lowest BCUT2D eigenvalue weighted by Crippen LogP contribution is -2.40. The van der Waals surface area contributed by atoms with Gasteiger partial charge in [0.1, 0.15) is 11.8 Å². The van der Waals surface area contributed by atoms with Crippen LogP contribution in [0.3, 0.4) is 0 Å². The third-order valence-electron chi connectivity index (χ3n) is 3.18. The number of carboxylic acids is 1. The molecule has 2 aromatic rings. The van der Waals surface area contributed by atoms with Gasteiger partial charge in [-0.25, -0.2) is 4.79 Å². The van der Waals surface area contributed by atoms with Crippen LogP contribution in [0.2, 0.25) is 0 Å². The van der Waals surface area contributed by atoms with Crippen molar-refractivity contribution in [2.24, 2.45) is 0 Å². The molecule has 6 heteroatoms. The number of benzene rings is 2. The Kier molecular flexibility index (Phi) is 6.05. The molecule has 3 N–H and O–H groups in total. The molecule has 1 amide bonds. The lowest BCUT2D eigenvalue weighted by atomic mass is 10.1. The number of phenols is 1. The number of carboxylic acid groups (broad SMARTS) is 1. The van der Waals surface area contributed by atoms with Crippen molar-refractivity contribution < 1.29 is 19.8 Å². The molecule has 0 saturated heterocycles. The summed E-state index contributed by atoms with van der Waals surface area (Å²) in [6.45, 7) is 0. The van der Waals surface area contributed by atoms with Crippen LogP contribution in [0.1, 0.15) is 11.1 Å². The van der Waals surface area contributed by atoms with Crippen LogP contribution in [-0.4, -0.2) is 27.5 Å². The van der Waals surface area contributed by atoms with Crippen LogP contribution in [0.25, 0.3) is 0 Å². The standard InChI is InChI=1S/C17H17NO4S/c19-14-8-6-12(7-9-14)10-15(16(20)21)18-17(22)23-11-13-4-2-1-3-5-13/h1-9,15,19H,10-11H2,(H,18,22)(H,20,21)/t15-/m1/s1. The van der Waals surface area contributed by atoms with E-state index in [4.69, 9.17) is 0 Å².